The Labute approximate surface area is 110 Å². The van der Waals surface area contributed by atoms with Crippen molar-refractivity contribution in [1.29, 1.82) is 0 Å². The molecule has 0 saturated heterocycles. The zero-order chi connectivity index (χ0) is 13.3. The number of hydrogen-bond acceptors (Lipinski definition) is 4. The van der Waals surface area contributed by atoms with Crippen molar-refractivity contribution in [3.63, 3.8) is 0 Å². The van der Waals surface area contributed by atoms with Crippen molar-refractivity contribution in [3.8, 4) is 0 Å². The molecule has 2 aromatic rings. The van der Waals surface area contributed by atoms with Crippen LogP contribution in [0.3, 0.4) is 0 Å². The molecular formula is C14H17N3O2. The van der Waals surface area contributed by atoms with Gasteiger partial charge in [-0.1, -0.05) is 36.6 Å². The Kier molecular flexibility index (Phi) is 3.06. The molecule has 1 N–H and O–H groups in total. The molecule has 0 amide bonds. The van der Waals surface area contributed by atoms with E-state index in [0.29, 0.717) is 10.9 Å². The van der Waals surface area contributed by atoms with Crippen molar-refractivity contribution in [2.24, 2.45) is 0 Å². The molecule has 0 atom stereocenters. The van der Waals surface area contributed by atoms with Gasteiger partial charge in [-0.25, -0.2) is 4.68 Å². The van der Waals surface area contributed by atoms with Crippen LogP contribution >= 0.6 is 0 Å². The number of nitrogens with zero attached hydrogens (tertiary/aromatic N) is 3. The van der Waals surface area contributed by atoms with Crippen molar-refractivity contribution < 1.29 is 5.11 Å². The van der Waals surface area contributed by atoms with Gasteiger partial charge >= 0.3 is 0 Å². The smallest absolute Gasteiger partial charge is 0.277 e. The Bertz CT molecular complexity index is 644. The van der Waals surface area contributed by atoms with Gasteiger partial charge in [0, 0.05) is 0 Å². The van der Waals surface area contributed by atoms with Crippen molar-refractivity contribution in [1.82, 2.24) is 15.0 Å². The normalized spacial score (nSPS) is 18.6. The second-order valence-corrected chi connectivity index (χ2v) is 5.35. The van der Waals surface area contributed by atoms with E-state index in [1.165, 1.54) is 4.68 Å². The number of hydrogen-bond donors (Lipinski definition) is 1. The summed E-state index contributed by atoms with van der Waals surface area (Å²) in [5.41, 5.74) is -0.386. The highest BCUT2D eigenvalue weighted by Crippen LogP contribution is 2.28. The maximum atomic E-state index is 12.3. The van der Waals surface area contributed by atoms with E-state index in [-0.39, 0.29) is 12.1 Å². The monoisotopic (exact) mass is 259 g/mol. The summed E-state index contributed by atoms with van der Waals surface area (Å²) in [7, 11) is 0. The first-order chi connectivity index (χ1) is 9.18. The lowest BCUT2D eigenvalue weighted by Gasteiger charge is -2.31. The van der Waals surface area contributed by atoms with E-state index in [1.807, 2.05) is 12.1 Å². The predicted octanol–water partition coefficient (Wildman–Crippen LogP) is 1.49. The van der Waals surface area contributed by atoms with Gasteiger partial charge in [-0.05, 0) is 25.0 Å². The van der Waals surface area contributed by atoms with E-state index in [1.54, 1.807) is 12.1 Å². The third-order valence-electron chi connectivity index (χ3n) is 3.86. The molecule has 1 aliphatic carbocycles. The lowest BCUT2D eigenvalue weighted by atomic mass is 9.85. The highest BCUT2D eigenvalue weighted by Gasteiger charge is 2.30. The standard InChI is InChI=1S/C14H17N3O2/c18-13-11-6-2-3-7-12(11)15-16-17(13)10-14(19)8-4-1-5-9-14/h2-3,6-7,19H,1,4-5,8-10H2. The fourth-order valence-electron chi connectivity index (χ4n) is 2.77. The predicted molar refractivity (Wildman–Crippen MR) is 71.8 cm³/mol. The van der Waals surface area contributed by atoms with Gasteiger partial charge < -0.3 is 5.11 Å². The average Bonchev–Trinajstić information content (AvgIpc) is 2.43. The Hall–Kier alpha value is -1.75. The topological polar surface area (TPSA) is 68.0 Å². The van der Waals surface area contributed by atoms with Crippen molar-refractivity contribution in [2.75, 3.05) is 0 Å². The summed E-state index contributed by atoms with van der Waals surface area (Å²) in [6, 6.07) is 7.15. The Morgan fingerprint density at radius 2 is 1.95 bits per heavy atom. The van der Waals surface area contributed by atoms with Crippen LogP contribution in [0, 0.1) is 0 Å². The van der Waals surface area contributed by atoms with Crippen LogP contribution in [0.4, 0.5) is 0 Å². The molecule has 1 saturated carbocycles. The minimum absolute atomic E-state index is 0.176. The fourth-order valence-corrected chi connectivity index (χ4v) is 2.77. The number of rotatable bonds is 2. The van der Waals surface area contributed by atoms with E-state index in [0.717, 1.165) is 32.1 Å². The molecule has 0 aliphatic heterocycles. The first-order valence-electron chi connectivity index (χ1n) is 6.73. The maximum Gasteiger partial charge on any atom is 0.277 e. The largest absolute Gasteiger partial charge is 0.388 e. The zero-order valence-electron chi connectivity index (χ0n) is 10.7. The minimum atomic E-state index is -0.806. The van der Waals surface area contributed by atoms with Crippen molar-refractivity contribution in [3.05, 3.63) is 34.6 Å². The molecule has 100 valence electrons. The van der Waals surface area contributed by atoms with Gasteiger partial charge in [0.05, 0.1) is 17.5 Å². The lowest BCUT2D eigenvalue weighted by molar-refractivity contribution is -0.0159. The number of benzene rings is 1. The van der Waals surface area contributed by atoms with Gasteiger partial charge in [0.15, 0.2) is 0 Å². The molecule has 3 rings (SSSR count). The number of aromatic nitrogens is 3. The molecule has 1 fully saturated rings. The van der Waals surface area contributed by atoms with E-state index < -0.39 is 5.60 Å². The van der Waals surface area contributed by atoms with Gasteiger partial charge in [-0.3, -0.25) is 4.79 Å². The Morgan fingerprint density at radius 1 is 1.21 bits per heavy atom. The molecule has 0 spiro atoms. The fraction of sp³-hybridized carbons (Fsp3) is 0.500. The van der Waals surface area contributed by atoms with Crippen LogP contribution in [0.5, 0.6) is 0 Å². The average molecular weight is 259 g/mol. The Balaban J connectivity index is 1.97. The maximum absolute atomic E-state index is 12.3. The summed E-state index contributed by atoms with van der Waals surface area (Å²) in [5.74, 6) is 0. The molecule has 5 heteroatoms. The van der Waals surface area contributed by atoms with E-state index in [2.05, 4.69) is 10.3 Å². The van der Waals surface area contributed by atoms with Gasteiger partial charge in [0.25, 0.3) is 5.56 Å². The van der Waals surface area contributed by atoms with Gasteiger partial charge in [-0.2, -0.15) is 0 Å². The molecule has 1 aliphatic rings. The summed E-state index contributed by atoms with van der Waals surface area (Å²) in [6.07, 6.45) is 4.63. The van der Waals surface area contributed by atoms with Gasteiger partial charge in [0.1, 0.15) is 5.52 Å². The molecule has 0 bridgehead atoms. The summed E-state index contributed by atoms with van der Waals surface area (Å²) < 4.78 is 1.30. The first-order valence-corrected chi connectivity index (χ1v) is 6.73. The van der Waals surface area contributed by atoms with Gasteiger partial charge in [0.2, 0.25) is 0 Å². The minimum Gasteiger partial charge on any atom is -0.388 e. The third kappa shape index (κ3) is 2.38. The summed E-state index contributed by atoms with van der Waals surface area (Å²) in [5, 5.41) is 19.0. The molecule has 1 aromatic heterocycles. The molecule has 1 heterocycles. The second-order valence-electron chi connectivity index (χ2n) is 5.35. The van der Waals surface area contributed by atoms with E-state index in [9.17, 15) is 9.90 Å². The summed E-state index contributed by atoms with van der Waals surface area (Å²) in [4.78, 5) is 12.3. The first kappa shape index (κ1) is 12.3. The molecule has 19 heavy (non-hydrogen) atoms. The van der Waals surface area contributed by atoms with E-state index >= 15 is 0 Å². The molecule has 1 aromatic carbocycles. The Morgan fingerprint density at radius 3 is 2.74 bits per heavy atom. The quantitative estimate of drug-likeness (QED) is 0.887. The second kappa shape index (κ2) is 4.74. The van der Waals surface area contributed by atoms with Crippen LogP contribution in [0.2, 0.25) is 0 Å². The van der Waals surface area contributed by atoms with Crippen LogP contribution in [-0.4, -0.2) is 25.7 Å². The van der Waals surface area contributed by atoms with Gasteiger partial charge in [-0.15, -0.1) is 5.10 Å². The van der Waals surface area contributed by atoms with Crippen LogP contribution < -0.4 is 5.56 Å². The van der Waals surface area contributed by atoms with Crippen LogP contribution in [-0.2, 0) is 6.54 Å². The van der Waals surface area contributed by atoms with Crippen LogP contribution in [0.25, 0.3) is 10.9 Å². The lowest BCUT2D eigenvalue weighted by Crippen LogP contribution is -2.40. The molecular weight excluding hydrogens is 242 g/mol. The molecule has 5 nitrogen and oxygen atoms in total. The zero-order valence-corrected chi connectivity index (χ0v) is 10.7. The van der Waals surface area contributed by atoms with Crippen molar-refractivity contribution >= 4 is 10.9 Å². The SMILES string of the molecule is O=c1c2ccccc2nnn1CC1(O)CCCCC1. The summed E-state index contributed by atoms with van der Waals surface area (Å²) in [6.45, 7) is 0.240. The van der Waals surface area contributed by atoms with Crippen LogP contribution in [0.15, 0.2) is 29.1 Å². The highest BCUT2D eigenvalue weighted by molar-refractivity contribution is 5.76. The number of fused-ring (bicyclic) bond motifs is 1. The molecule has 0 unspecified atom stereocenters. The molecule has 0 radical (unpaired) electrons. The third-order valence-corrected chi connectivity index (χ3v) is 3.86. The number of aliphatic hydroxyl groups is 1. The van der Waals surface area contributed by atoms with E-state index in [4.69, 9.17) is 0 Å². The highest BCUT2D eigenvalue weighted by atomic mass is 16.3. The summed E-state index contributed by atoms with van der Waals surface area (Å²) >= 11 is 0. The van der Waals surface area contributed by atoms with Crippen molar-refractivity contribution in [2.45, 2.75) is 44.2 Å². The van der Waals surface area contributed by atoms with Crippen LogP contribution in [0.1, 0.15) is 32.1 Å².